The van der Waals surface area contributed by atoms with Crippen LogP contribution in [0.3, 0.4) is 0 Å². The van der Waals surface area contributed by atoms with E-state index in [0.717, 1.165) is 10.5 Å². The summed E-state index contributed by atoms with van der Waals surface area (Å²) in [4.78, 5) is 16.9. The lowest BCUT2D eigenvalue weighted by Gasteiger charge is -2.32. The molecule has 0 saturated carbocycles. The molecule has 0 fully saturated rings. The summed E-state index contributed by atoms with van der Waals surface area (Å²) in [5, 5.41) is 18.1. The molecule has 0 aliphatic carbocycles. The van der Waals surface area contributed by atoms with Gasteiger partial charge in [-0.3, -0.25) is 9.67 Å². The largest absolute Gasteiger partial charge is 0.428 e. The van der Waals surface area contributed by atoms with Crippen LogP contribution < -0.4 is 9.62 Å². The third-order valence-electron chi connectivity index (χ3n) is 7.93. The molecule has 0 aliphatic rings. The molecule has 4 aromatic heterocycles. The highest BCUT2D eigenvalue weighted by Crippen LogP contribution is 2.44. The molecular formula is C31H24F6N8O3S. The lowest BCUT2D eigenvalue weighted by Crippen LogP contribution is -2.59. The zero-order valence-corrected chi connectivity index (χ0v) is 26.2. The molecular weight excluding hydrogens is 678 g/mol. The van der Waals surface area contributed by atoms with Crippen molar-refractivity contribution in [2.24, 2.45) is 0 Å². The first-order valence-corrected chi connectivity index (χ1v) is 15.6. The molecule has 254 valence electrons. The molecule has 49 heavy (non-hydrogen) atoms. The second kappa shape index (κ2) is 12.0. The molecule has 0 radical (unpaired) electrons. The summed E-state index contributed by atoms with van der Waals surface area (Å²) in [6.07, 6.45) is -4.90. The Hall–Kier alpha value is -5.36. The number of rotatable bonds is 8. The van der Waals surface area contributed by atoms with Crippen molar-refractivity contribution in [3.63, 3.8) is 0 Å². The van der Waals surface area contributed by atoms with E-state index in [1.54, 1.807) is 43.5 Å². The molecule has 0 aliphatic heterocycles. The van der Waals surface area contributed by atoms with Gasteiger partial charge in [0.2, 0.25) is 5.95 Å². The van der Waals surface area contributed by atoms with E-state index in [0.29, 0.717) is 43.8 Å². The van der Waals surface area contributed by atoms with E-state index >= 15 is 0 Å². The van der Waals surface area contributed by atoms with Crippen molar-refractivity contribution in [1.29, 1.82) is 0 Å². The second-order valence-electron chi connectivity index (χ2n) is 10.9. The van der Waals surface area contributed by atoms with Gasteiger partial charge in [0.25, 0.3) is 15.6 Å². The van der Waals surface area contributed by atoms with Crippen LogP contribution >= 0.6 is 0 Å². The molecule has 6 aromatic rings. The van der Waals surface area contributed by atoms with Crippen LogP contribution in [0.5, 0.6) is 0 Å². The lowest BCUT2D eigenvalue weighted by atomic mass is 9.98. The van der Waals surface area contributed by atoms with Crippen LogP contribution in [-0.4, -0.2) is 68.2 Å². The predicted molar refractivity (Wildman–Crippen MR) is 167 cm³/mol. The van der Waals surface area contributed by atoms with E-state index in [-0.39, 0.29) is 21.7 Å². The Morgan fingerprint density at radius 3 is 2.18 bits per heavy atom. The molecule has 0 atom stereocenters. The van der Waals surface area contributed by atoms with Crippen molar-refractivity contribution in [1.82, 2.24) is 29.7 Å². The van der Waals surface area contributed by atoms with Crippen molar-refractivity contribution in [3.8, 4) is 11.3 Å². The van der Waals surface area contributed by atoms with Crippen LogP contribution in [0, 0.1) is 6.92 Å². The number of aliphatic hydroxyl groups is 1. The molecule has 0 amide bonds. The van der Waals surface area contributed by atoms with Gasteiger partial charge >= 0.3 is 12.4 Å². The number of benzene rings is 2. The maximum absolute atomic E-state index is 13.4. The van der Waals surface area contributed by atoms with E-state index in [1.807, 2.05) is 0 Å². The zero-order chi connectivity index (χ0) is 35.4. The van der Waals surface area contributed by atoms with Crippen LogP contribution in [0.4, 0.5) is 43.8 Å². The average Bonchev–Trinajstić information content (AvgIpc) is 3.47. The lowest BCUT2D eigenvalue weighted by molar-refractivity contribution is -0.372. The Morgan fingerprint density at radius 1 is 0.857 bits per heavy atom. The number of nitrogens with one attached hydrogen (secondary N) is 1. The van der Waals surface area contributed by atoms with Gasteiger partial charge < -0.3 is 10.4 Å². The fourth-order valence-electron chi connectivity index (χ4n) is 5.16. The van der Waals surface area contributed by atoms with E-state index in [9.17, 15) is 39.9 Å². The smallest absolute Gasteiger partial charge is 0.372 e. The van der Waals surface area contributed by atoms with Crippen LogP contribution in [-0.2, 0) is 16.6 Å². The van der Waals surface area contributed by atoms with Gasteiger partial charge in [-0.2, -0.15) is 31.4 Å². The zero-order valence-electron chi connectivity index (χ0n) is 25.4. The topological polar surface area (TPSA) is 139 Å². The van der Waals surface area contributed by atoms with Gasteiger partial charge in [-0.25, -0.2) is 27.7 Å². The molecule has 6 rings (SSSR count). The van der Waals surface area contributed by atoms with Gasteiger partial charge in [-0.15, -0.1) is 0 Å². The van der Waals surface area contributed by atoms with Crippen LogP contribution in [0.15, 0.2) is 90.5 Å². The highest BCUT2D eigenvalue weighted by molar-refractivity contribution is 7.92. The predicted octanol–water partition coefficient (Wildman–Crippen LogP) is 6.17. The first-order chi connectivity index (χ1) is 23.0. The van der Waals surface area contributed by atoms with Gasteiger partial charge in [-0.1, -0.05) is 6.07 Å². The summed E-state index contributed by atoms with van der Waals surface area (Å²) in [7, 11) is -2.61. The number of hydrogen-bond donors (Lipinski definition) is 2. The van der Waals surface area contributed by atoms with Gasteiger partial charge in [-0.05, 0) is 61.0 Å². The number of alkyl halides is 6. The fraction of sp³-hybridized carbons (Fsp3) is 0.194. The fourth-order valence-corrected chi connectivity index (χ4v) is 6.26. The number of hydrogen-bond acceptors (Lipinski definition) is 9. The SMILES string of the molecule is Cc1c(-c2nccc3cnc(Nc4ccc(S(=O)(=O)N(C)c5ncccn5)cc4)cc23)ccc2c1cnn2CC(O)(C(F)(F)F)C(F)(F)F. The number of sulfonamides is 1. The molecule has 0 unspecified atom stereocenters. The Kier molecular flexibility index (Phi) is 8.18. The van der Waals surface area contributed by atoms with E-state index in [2.05, 4.69) is 30.4 Å². The third-order valence-corrected chi connectivity index (χ3v) is 9.69. The minimum Gasteiger partial charge on any atom is -0.372 e. The maximum Gasteiger partial charge on any atom is 0.428 e. The number of halogens is 6. The Balaban J connectivity index is 1.30. The molecule has 2 N–H and O–H groups in total. The van der Waals surface area contributed by atoms with Crippen molar-refractivity contribution in [2.75, 3.05) is 16.7 Å². The first kappa shape index (κ1) is 33.5. The van der Waals surface area contributed by atoms with E-state index < -0.39 is 34.5 Å². The van der Waals surface area contributed by atoms with Gasteiger partial charge in [0, 0.05) is 59.2 Å². The van der Waals surface area contributed by atoms with Crippen LogP contribution in [0.25, 0.3) is 32.9 Å². The average molecular weight is 703 g/mol. The van der Waals surface area contributed by atoms with Crippen molar-refractivity contribution >= 4 is 49.2 Å². The minimum absolute atomic E-state index is 0.00152. The molecule has 0 saturated heterocycles. The van der Waals surface area contributed by atoms with Crippen molar-refractivity contribution in [2.45, 2.75) is 36.3 Å². The highest BCUT2D eigenvalue weighted by Gasteiger charge is 2.70. The summed E-state index contributed by atoms with van der Waals surface area (Å²) < 4.78 is 108. The number of nitrogens with zero attached hydrogens (tertiary/aromatic N) is 7. The standard InChI is InChI=1S/C31H24F6N8O3S/c1-18-22(8-9-25-24(18)16-42-45(25)17-29(46,30(32,33)34)31(35,36)37)27-23-14-26(41-15-19(23)10-13-38-27)43-20-4-6-21(7-5-20)49(47,48)44(2)28-39-11-3-12-40-28/h3-16,46H,17H2,1-2H3,(H,41,43). The quantitative estimate of drug-likeness (QED) is 0.178. The van der Waals surface area contributed by atoms with Crippen molar-refractivity contribution < 1.29 is 39.9 Å². The molecule has 0 bridgehead atoms. The van der Waals surface area contributed by atoms with Crippen molar-refractivity contribution in [3.05, 3.63) is 91.1 Å². The summed E-state index contributed by atoms with van der Waals surface area (Å²) in [6.45, 7) is -0.262. The summed E-state index contributed by atoms with van der Waals surface area (Å²) in [5.74, 6) is 0.380. The number of fused-ring (bicyclic) bond motifs is 2. The summed E-state index contributed by atoms with van der Waals surface area (Å²) in [5.41, 5.74) is -3.10. The number of pyridine rings is 2. The number of aromatic nitrogens is 6. The van der Waals surface area contributed by atoms with Crippen LogP contribution in [0.1, 0.15) is 5.56 Å². The molecule has 11 nitrogen and oxygen atoms in total. The Bertz CT molecular complexity index is 2270. The van der Waals surface area contributed by atoms with E-state index in [1.165, 1.54) is 49.9 Å². The molecule has 18 heteroatoms. The monoisotopic (exact) mass is 702 g/mol. The summed E-state index contributed by atoms with van der Waals surface area (Å²) in [6, 6.07) is 13.7. The third kappa shape index (κ3) is 5.97. The number of aryl methyl sites for hydroxylation is 1. The summed E-state index contributed by atoms with van der Waals surface area (Å²) >= 11 is 0. The van der Waals surface area contributed by atoms with E-state index in [4.69, 9.17) is 0 Å². The molecule has 2 aromatic carbocycles. The Morgan fingerprint density at radius 2 is 1.53 bits per heavy atom. The normalized spacial score (nSPS) is 12.8. The number of anilines is 3. The minimum atomic E-state index is -6.00. The highest BCUT2D eigenvalue weighted by atomic mass is 32.2. The van der Waals surface area contributed by atoms with Gasteiger partial charge in [0.1, 0.15) is 5.82 Å². The first-order valence-electron chi connectivity index (χ1n) is 14.2. The molecule has 4 heterocycles. The molecule has 0 spiro atoms. The van der Waals surface area contributed by atoms with Gasteiger partial charge in [0.15, 0.2) is 0 Å². The second-order valence-corrected chi connectivity index (χ2v) is 12.9. The van der Waals surface area contributed by atoms with Gasteiger partial charge in [0.05, 0.1) is 28.8 Å². The van der Waals surface area contributed by atoms with Crippen LogP contribution in [0.2, 0.25) is 0 Å². The Labute approximate surface area is 273 Å². The maximum atomic E-state index is 13.4.